The maximum Gasteiger partial charge on any atom is 0.189 e. The van der Waals surface area contributed by atoms with Crippen molar-refractivity contribution in [2.45, 2.75) is 58.6 Å². The molecule has 0 amide bonds. The Morgan fingerprint density at radius 3 is 2.76 bits per heavy atom. The van der Waals surface area contributed by atoms with Crippen LogP contribution in [0.2, 0.25) is 0 Å². The molecule has 0 bridgehead atoms. The van der Waals surface area contributed by atoms with Crippen LogP contribution < -0.4 is 10.1 Å². The third-order valence-electron chi connectivity index (χ3n) is 5.06. The topological polar surface area (TPSA) is 76.5 Å². The Kier molecular flexibility index (Phi) is 7.45. The Morgan fingerprint density at radius 1 is 1.21 bits per heavy atom. The van der Waals surface area contributed by atoms with E-state index in [9.17, 15) is 5.11 Å². The molecule has 3 rings (SSSR count). The monoisotopic (exact) mass is 395 g/mol. The predicted molar refractivity (Wildman–Crippen MR) is 114 cm³/mol. The average molecular weight is 396 g/mol. The molecule has 1 aromatic carbocycles. The highest BCUT2D eigenvalue weighted by Crippen LogP contribution is 2.32. The van der Waals surface area contributed by atoms with Crippen LogP contribution in [0.3, 0.4) is 0 Å². The van der Waals surface area contributed by atoms with E-state index in [1.54, 1.807) is 6.92 Å². The zero-order chi connectivity index (χ0) is 20.6. The van der Waals surface area contributed by atoms with Gasteiger partial charge in [0.2, 0.25) is 0 Å². The van der Waals surface area contributed by atoms with E-state index in [2.05, 4.69) is 27.4 Å². The van der Waals surface area contributed by atoms with Gasteiger partial charge < -0.3 is 19.9 Å². The third-order valence-corrected chi connectivity index (χ3v) is 5.06. The summed E-state index contributed by atoms with van der Waals surface area (Å²) in [7, 11) is 0. The van der Waals surface area contributed by atoms with E-state index in [1.165, 1.54) is 0 Å². The molecule has 1 aliphatic carbocycles. The quantitative estimate of drug-likeness (QED) is 0.421. The summed E-state index contributed by atoms with van der Waals surface area (Å²) in [4.78, 5) is 0. The van der Waals surface area contributed by atoms with Crippen molar-refractivity contribution in [1.82, 2.24) is 10.2 Å². The van der Waals surface area contributed by atoms with Gasteiger partial charge in [0.05, 0.1) is 17.8 Å². The number of aliphatic hydroxyl groups is 1. The van der Waals surface area contributed by atoms with Gasteiger partial charge in [0.15, 0.2) is 6.79 Å². The van der Waals surface area contributed by atoms with E-state index >= 15 is 0 Å². The van der Waals surface area contributed by atoms with Crippen LogP contribution in [-0.2, 0) is 4.74 Å². The number of hydrogen-bond acceptors (Lipinski definition) is 6. The molecule has 1 heterocycles. The van der Waals surface area contributed by atoms with Gasteiger partial charge in [-0.3, -0.25) is 0 Å². The average Bonchev–Trinajstić information content (AvgIpc) is 2.71. The van der Waals surface area contributed by atoms with E-state index < -0.39 is 0 Å². The summed E-state index contributed by atoms with van der Waals surface area (Å²) in [5, 5.41) is 22.3. The number of nitrogens with one attached hydrogen (secondary N) is 1. The fraction of sp³-hybridized carbons (Fsp3) is 0.478. The first kappa shape index (κ1) is 21.1. The maximum absolute atomic E-state index is 10.2. The number of aliphatic hydroxyl groups excluding tert-OH is 1. The van der Waals surface area contributed by atoms with E-state index in [0.717, 1.165) is 48.1 Å². The van der Waals surface area contributed by atoms with Crippen LogP contribution in [0.1, 0.15) is 50.7 Å². The van der Waals surface area contributed by atoms with E-state index in [0.29, 0.717) is 18.2 Å². The van der Waals surface area contributed by atoms with Crippen LogP contribution in [0.5, 0.6) is 5.75 Å². The van der Waals surface area contributed by atoms with Gasteiger partial charge in [-0.1, -0.05) is 18.8 Å². The lowest BCUT2D eigenvalue weighted by molar-refractivity contribution is 0.0227. The second kappa shape index (κ2) is 10.2. The highest BCUT2D eigenvalue weighted by molar-refractivity contribution is 5.71. The second-order valence-electron chi connectivity index (χ2n) is 7.20. The van der Waals surface area contributed by atoms with Crippen molar-refractivity contribution >= 4 is 5.82 Å². The maximum atomic E-state index is 10.2. The SMILES string of the molecule is CC#Cc1ccc(-c2nnc(N[C@@H]3CCCC[C@@H]3O)cc2C)c(OCOCC)c1. The molecule has 2 N–H and O–H groups in total. The predicted octanol–water partition coefficient (Wildman–Crippen LogP) is 3.91. The highest BCUT2D eigenvalue weighted by atomic mass is 16.7. The Bertz CT molecular complexity index is 889. The van der Waals surface area contributed by atoms with Gasteiger partial charge in [0.1, 0.15) is 11.6 Å². The van der Waals surface area contributed by atoms with Crippen LogP contribution in [0.25, 0.3) is 11.3 Å². The minimum Gasteiger partial charge on any atom is -0.467 e. The van der Waals surface area contributed by atoms with Gasteiger partial charge in [-0.05, 0) is 63.4 Å². The molecule has 0 radical (unpaired) electrons. The fourth-order valence-corrected chi connectivity index (χ4v) is 3.54. The molecule has 2 atom stereocenters. The molecule has 6 nitrogen and oxygen atoms in total. The molecule has 0 saturated heterocycles. The number of benzene rings is 1. The van der Waals surface area contributed by atoms with Crippen LogP contribution in [0, 0.1) is 18.8 Å². The van der Waals surface area contributed by atoms with E-state index in [-0.39, 0.29) is 18.9 Å². The number of ether oxygens (including phenoxy) is 2. The summed E-state index contributed by atoms with van der Waals surface area (Å²) in [6.07, 6.45) is 3.63. The van der Waals surface area contributed by atoms with Crippen LogP contribution in [0.15, 0.2) is 24.3 Å². The molecular formula is C23H29N3O3. The molecule has 29 heavy (non-hydrogen) atoms. The van der Waals surface area contributed by atoms with Crippen molar-refractivity contribution < 1.29 is 14.6 Å². The molecule has 6 heteroatoms. The number of nitrogens with zero attached hydrogens (tertiary/aromatic N) is 2. The molecule has 1 saturated carbocycles. The number of aromatic nitrogens is 2. The standard InChI is InChI=1S/C23H29N3O3/c1-4-8-17-11-12-18(21(14-17)29-15-28-5-2)23-16(3)13-22(25-26-23)24-19-9-6-7-10-20(19)27/h11-14,19-20,27H,5-7,9-10,15H2,1-3H3,(H,24,25)/t19-,20+/m1/s1. The zero-order valence-corrected chi connectivity index (χ0v) is 17.4. The van der Waals surface area contributed by atoms with Crippen LogP contribution in [-0.4, -0.2) is 40.8 Å². The van der Waals surface area contributed by atoms with E-state index in [4.69, 9.17) is 9.47 Å². The largest absolute Gasteiger partial charge is 0.467 e. The molecule has 1 aliphatic rings. The summed E-state index contributed by atoms with van der Waals surface area (Å²) in [5.41, 5.74) is 3.45. The van der Waals surface area contributed by atoms with Gasteiger partial charge in [0.25, 0.3) is 0 Å². The number of aryl methyl sites for hydroxylation is 1. The van der Waals surface area contributed by atoms with Crippen molar-refractivity contribution in [3.8, 4) is 28.8 Å². The third kappa shape index (κ3) is 5.47. The molecule has 154 valence electrons. The molecule has 1 fully saturated rings. The lowest BCUT2D eigenvalue weighted by atomic mass is 9.92. The van der Waals surface area contributed by atoms with Crippen LogP contribution >= 0.6 is 0 Å². The first-order valence-corrected chi connectivity index (χ1v) is 10.2. The molecule has 0 unspecified atom stereocenters. The minimum atomic E-state index is -0.337. The second-order valence-corrected chi connectivity index (χ2v) is 7.20. The first-order chi connectivity index (χ1) is 14.1. The highest BCUT2D eigenvalue weighted by Gasteiger charge is 2.23. The van der Waals surface area contributed by atoms with Gasteiger partial charge in [0, 0.05) is 17.7 Å². The van der Waals surface area contributed by atoms with Crippen molar-refractivity contribution in [2.75, 3.05) is 18.7 Å². The molecule has 2 aromatic rings. The smallest absolute Gasteiger partial charge is 0.189 e. The summed E-state index contributed by atoms with van der Waals surface area (Å²) < 4.78 is 11.2. The summed E-state index contributed by atoms with van der Waals surface area (Å²) in [6, 6.07) is 7.80. The number of anilines is 1. The first-order valence-electron chi connectivity index (χ1n) is 10.2. The van der Waals surface area contributed by atoms with Crippen molar-refractivity contribution in [1.29, 1.82) is 0 Å². The number of rotatable bonds is 7. The normalized spacial score (nSPS) is 18.6. The van der Waals surface area contributed by atoms with Crippen LogP contribution in [0.4, 0.5) is 5.82 Å². The van der Waals surface area contributed by atoms with E-state index in [1.807, 2.05) is 38.1 Å². The summed E-state index contributed by atoms with van der Waals surface area (Å²) in [5.74, 6) is 7.30. The minimum absolute atomic E-state index is 0.0280. The number of hydrogen-bond donors (Lipinski definition) is 2. The molecule has 0 spiro atoms. The molecule has 0 aliphatic heterocycles. The van der Waals surface area contributed by atoms with Gasteiger partial charge in [-0.25, -0.2) is 0 Å². The van der Waals surface area contributed by atoms with Gasteiger partial charge in [-0.15, -0.1) is 16.1 Å². The van der Waals surface area contributed by atoms with Crippen molar-refractivity contribution in [3.05, 3.63) is 35.4 Å². The Morgan fingerprint density at radius 2 is 2.03 bits per heavy atom. The lowest BCUT2D eigenvalue weighted by Gasteiger charge is -2.28. The van der Waals surface area contributed by atoms with Gasteiger partial charge >= 0.3 is 0 Å². The molecule has 1 aromatic heterocycles. The van der Waals surface area contributed by atoms with Crippen molar-refractivity contribution in [2.24, 2.45) is 0 Å². The lowest BCUT2D eigenvalue weighted by Crippen LogP contribution is -2.36. The summed E-state index contributed by atoms with van der Waals surface area (Å²) >= 11 is 0. The Labute approximate surface area is 172 Å². The molecular weight excluding hydrogens is 366 g/mol. The fourth-order valence-electron chi connectivity index (χ4n) is 3.54. The zero-order valence-electron chi connectivity index (χ0n) is 17.4. The van der Waals surface area contributed by atoms with Gasteiger partial charge in [-0.2, -0.15) is 0 Å². The van der Waals surface area contributed by atoms with Crippen molar-refractivity contribution in [3.63, 3.8) is 0 Å². The summed E-state index contributed by atoms with van der Waals surface area (Å²) in [6.45, 7) is 6.47. The Balaban J connectivity index is 1.85. The Hall–Kier alpha value is -2.62.